The smallest absolute Gasteiger partial charge is 0.0159 e. The van der Waals surface area contributed by atoms with Crippen molar-refractivity contribution in [1.29, 1.82) is 0 Å². The molecule has 0 spiro atoms. The van der Waals surface area contributed by atoms with E-state index in [0.717, 1.165) is 0 Å². The first-order valence-electron chi connectivity index (χ1n) is 12.4. The molecule has 0 unspecified atom stereocenters. The quantitative estimate of drug-likeness (QED) is 0.237. The molecule has 0 saturated heterocycles. The van der Waals surface area contributed by atoms with Gasteiger partial charge in [0, 0.05) is 5.41 Å². The molecule has 0 radical (unpaired) electrons. The van der Waals surface area contributed by atoms with E-state index in [-0.39, 0.29) is 5.41 Å². The Hall–Kier alpha value is -3.64. The molecule has 0 amide bonds. The zero-order valence-electron chi connectivity index (χ0n) is 20.2. The van der Waals surface area contributed by atoms with Gasteiger partial charge >= 0.3 is 0 Å². The van der Waals surface area contributed by atoms with Crippen LogP contribution in [0.25, 0.3) is 54.6 Å². The van der Waals surface area contributed by atoms with E-state index >= 15 is 0 Å². The van der Waals surface area contributed by atoms with Crippen molar-refractivity contribution in [2.75, 3.05) is 0 Å². The molecule has 0 saturated carbocycles. The summed E-state index contributed by atoms with van der Waals surface area (Å²) in [5, 5.41) is 8.07. The van der Waals surface area contributed by atoms with E-state index in [1.54, 1.807) is 0 Å². The van der Waals surface area contributed by atoms with E-state index in [1.165, 1.54) is 71.3 Å². The molecule has 6 aromatic carbocycles. The lowest BCUT2D eigenvalue weighted by Crippen LogP contribution is -2.15. The number of fused-ring (bicyclic) bond motifs is 3. The van der Waals surface area contributed by atoms with Gasteiger partial charge in [-0.3, -0.25) is 0 Å². The lowest BCUT2D eigenvalue weighted by Gasteiger charge is -2.23. The summed E-state index contributed by atoms with van der Waals surface area (Å²) in [5.74, 6) is 0.539. The van der Waals surface area contributed by atoms with Crippen LogP contribution in [-0.2, 0) is 5.41 Å². The van der Waals surface area contributed by atoms with Crippen molar-refractivity contribution in [1.82, 2.24) is 0 Å². The minimum absolute atomic E-state index is 0.00460. The highest BCUT2D eigenvalue weighted by Gasteiger charge is 2.36. The summed E-state index contributed by atoms with van der Waals surface area (Å²) in [6.07, 6.45) is 0. The lowest BCUT2D eigenvalue weighted by molar-refractivity contribution is 0.658. The van der Waals surface area contributed by atoms with Crippen LogP contribution in [0.4, 0.5) is 0 Å². The molecule has 0 bridgehead atoms. The molecule has 0 aliphatic heterocycles. The van der Waals surface area contributed by atoms with Gasteiger partial charge < -0.3 is 0 Å². The predicted octanol–water partition coefficient (Wildman–Crippen LogP) is 9.68. The summed E-state index contributed by atoms with van der Waals surface area (Å²) in [5.41, 5.74) is 9.72. The van der Waals surface area contributed by atoms with Gasteiger partial charge in [0.25, 0.3) is 0 Å². The zero-order chi connectivity index (χ0) is 23.2. The molecular weight excluding hydrogens is 408 g/mol. The Morgan fingerprint density at radius 2 is 1.15 bits per heavy atom. The number of benzene rings is 6. The van der Waals surface area contributed by atoms with Gasteiger partial charge in [-0.05, 0) is 83.2 Å². The van der Waals surface area contributed by atoms with Crippen molar-refractivity contribution < 1.29 is 0 Å². The van der Waals surface area contributed by atoms with Gasteiger partial charge in [-0.25, -0.2) is 0 Å². The maximum atomic E-state index is 2.45. The molecule has 1 aliphatic rings. The van der Waals surface area contributed by atoms with Crippen LogP contribution in [0, 0.1) is 0 Å². The lowest BCUT2D eigenvalue weighted by atomic mass is 9.80. The Morgan fingerprint density at radius 3 is 1.88 bits per heavy atom. The van der Waals surface area contributed by atoms with Crippen LogP contribution < -0.4 is 0 Å². The van der Waals surface area contributed by atoms with Crippen LogP contribution >= 0.6 is 0 Å². The van der Waals surface area contributed by atoms with Gasteiger partial charge in [-0.1, -0.05) is 113 Å². The fraction of sp³-hybridized carbons (Fsp3) is 0.176. The topological polar surface area (TPSA) is 0 Å². The zero-order valence-corrected chi connectivity index (χ0v) is 20.2. The summed E-state index contributed by atoms with van der Waals surface area (Å²) in [6.45, 7) is 9.33. The second kappa shape index (κ2) is 6.70. The normalized spacial score (nSPS) is 14.4. The Bertz CT molecular complexity index is 1730. The molecular formula is C34H28. The molecule has 6 aromatic rings. The van der Waals surface area contributed by atoms with Crippen molar-refractivity contribution in [2.45, 2.75) is 39.0 Å². The molecule has 34 heavy (non-hydrogen) atoms. The van der Waals surface area contributed by atoms with Crippen molar-refractivity contribution in [3.05, 3.63) is 108 Å². The summed E-state index contributed by atoms with van der Waals surface area (Å²) < 4.78 is 0. The molecule has 164 valence electrons. The maximum absolute atomic E-state index is 2.45. The van der Waals surface area contributed by atoms with Crippen molar-refractivity contribution >= 4 is 32.3 Å². The summed E-state index contributed by atoms with van der Waals surface area (Å²) in [7, 11) is 0. The van der Waals surface area contributed by atoms with Crippen molar-refractivity contribution in [2.24, 2.45) is 0 Å². The summed E-state index contributed by atoms with van der Waals surface area (Å²) >= 11 is 0. The molecule has 1 aliphatic carbocycles. The van der Waals surface area contributed by atoms with E-state index in [2.05, 4.69) is 119 Å². The molecule has 0 nitrogen and oxygen atoms in total. The third kappa shape index (κ3) is 2.54. The number of rotatable bonds is 2. The van der Waals surface area contributed by atoms with Crippen LogP contribution in [0.15, 0.2) is 91.0 Å². The highest BCUT2D eigenvalue weighted by molar-refractivity contribution is 6.25. The first kappa shape index (κ1) is 19.8. The van der Waals surface area contributed by atoms with Crippen molar-refractivity contribution in [3.8, 4) is 22.3 Å². The van der Waals surface area contributed by atoms with Crippen LogP contribution in [0.5, 0.6) is 0 Å². The van der Waals surface area contributed by atoms with Crippen molar-refractivity contribution in [3.63, 3.8) is 0 Å². The third-order valence-electron chi connectivity index (χ3n) is 8.21. The highest BCUT2D eigenvalue weighted by atomic mass is 14.4. The fourth-order valence-electron chi connectivity index (χ4n) is 6.27. The van der Waals surface area contributed by atoms with Gasteiger partial charge in [0.05, 0.1) is 0 Å². The predicted molar refractivity (Wildman–Crippen MR) is 147 cm³/mol. The number of hydrogen-bond donors (Lipinski definition) is 0. The van der Waals surface area contributed by atoms with E-state index < -0.39 is 0 Å². The monoisotopic (exact) mass is 436 g/mol. The summed E-state index contributed by atoms with van der Waals surface area (Å²) in [4.78, 5) is 0. The van der Waals surface area contributed by atoms with Gasteiger partial charge in [-0.15, -0.1) is 0 Å². The SMILES string of the molecule is CC(C)c1ccc2c(c1)C(C)(C)c1cc(-c3ccc4ccc5cccc6ccc3c4c56)ccc1-2. The Labute approximate surface area is 201 Å². The Balaban J connectivity index is 1.46. The van der Waals surface area contributed by atoms with E-state index in [0.29, 0.717) is 5.92 Å². The maximum Gasteiger partial charge on any atom is 0.0159 e. The van der Waals surface area contributed by atoms with Crippen LogP contribution in [0.3, 0.4) is 0 Å². The first-order chi connectivity index (χ1) is 16.4. The number of hydrogen-bond acceptors (Lipinski definition) is 0. The Morgan fingerprint density at radius 1 is 0.559 bits per heavy atom. The van der Waals surface area contributed by atoms with Gasteiger partial charge in [-0.2, -0.15) is 0 Å². The average Bonchev–Trinajstić information content (AvgIpc) is 3.08. The second-order valence-corrected chi connectivity index (χ2v) is 10.8. The first-order valence-corrected chi connectivity index (χ1v) is 12.4. The molecule has 0 fully saturated rings. The molecule has 0 heterocycles. The minimum atomic E-state index is -0.00460. The largest absolute Gasteiger partial charge is 0.0610 e. The van der Waals surface area contributed by atoms with Gasteiger partial charge in [0.15, 0.2) is 0 Å². The van der Waals surface area contributed by atoms with Crippen LogP contribution in [0.1, 0.15) is 50.3 Å². The molecule has 0 atom stereocenters. The standard InChI is InChI=1S/C34H28/c1-20(2)24-12-15-27-28-16-13-25(19-31(28)34(3,4)30(27)18-24)26-14-10-23-9-8-21-6-5-7-22-11-17-29(26)33(23)32(21)22/h5-20H,1-4H3. The fourth-order valence-corrected chi connectivity index (χ4v) is 6.27. The molecule has 7 rings (SSSR count). The second-order valence-electron chi connectivity index (χ2n) is 10.8. The highest BCUT2D eigenvalue weighted by Crippen LogP contribution is 2.51. The van der Waals surface area contributed by atoms with Crippen LogP contribution in [0.2, 0.25) is 0 Å². The van der Waals surface area contributed by atoms with E-state index in [9.17, 15) is 0 Å². The van der Waals surface area contributed by atoms with Gasteiger partial charge in [0.2, 0.25) is 0 Å². The molecule has 0 heteroatoms. The van der Waals surface area contributed by atoms with Gasteiger partial charge in [0.1, 0.15) is 0 Å². The van der Waals surface area contributed by atoms with Crippen LogP contribution in [-0.4, -0.2) is 0 Å². The van der Waals surface area contributed by atoms with E-state index in [4.69, 9.17) is 0 Å². The Kier molecular flexibility index (Phi) is 3.90. The molecule has 0 N–H and O–H groups in total. The van der Waals surface area contributed by atoms with E-state index in [1.807, 2.05) is 0 Å². The molecule has 0 aromatic heterocycles. The third-order valence-corrected chi connectivity index (χ3v) is 8.21. The average molecular weight is 437 g/mol. The summed E-state index contributed by atoms with van der Waals surface area (Å²) in [6, 6.07) is 34.6. The minimum Gasteiger partial charge on any atom is -0.0610 e.